The Hall–Kier alpha value is -4.34. The number of primary amides is 1. The summed E-state index contributed by atoms with van der Waals surface area (Å²) in [6.07, 6.45) is -4.44. The summed E-state index contributed by atoms with van der Waals surface area (Å²) in [5.74, 6) is 1.08. The number of halogens is 3. The summed E-state index contributed by atoms with van der Waals surface area (Å²) in [4.78, 5) is 20.6. The summed E-state index contributed by atoms with van der Waals surface area (Å²) >= 11 is 0. The maximum atomic E-state index is 13.1. The zero-order valence-corrected chi connectivity index (χ0v) is 18.8. The van der Waals surface area contributed by atoms with Crippen molar-refractivity contribution in [3.63, 3.8) is 0 Å². The molecular weight excluding hydrogens is 461 g/mol. The highest BCUT2D eigenvalue weighted by atomic mass is 19.4. The van der Waals surface area contributed by atoms with E-state index in [1.165, 1.54) is 20.3 Å². The van der Waals surface area contributed by atoms with Crippen molar-refractivity contribution in [2.75, 3.05) is 19.5 Å². The van der Waals surface area contributed by atoms with E-state index in [2.05, 4.69) is 15.3 Å². The number of anilines is 1. The van der Waals surface area contributed by atoms with Gasteiger partial charge in [0.25, 0.3) is 0 Å². The van der Waals surface area contributed by atoms with Crippen LogP contribution in [-0.2, 0) is 12.7 Å². The molecule has 0 fully saturated rings. The number of fused-ring (bicyclic) bond motifs is 1. The Labute approximate surface area is 198 Å². The van der Waals surface area contributed by atoms with Gasteiger partial charge in [0, 0.05) is 29.1 Å². The fraction of sp³-hybridized carbons (Fsp3) is 0.160. The largest absolute Gasteiger partial charge is 0.493 e. The third kappa shape index (κ3) is 5.11. The van der Waals surface area contributed by atoms with Gasteiger partial charge < -0.3 is 20.5 Å². The smallest absolute Gasteiger partial charge is 0.416 e. The molecule has 7 nitrogen and oxygen atoms in total. The number of alkyl halides is 3. The van der Waals surface area contributed by atoms with Crippen LogP contribution in [0.5, 0.6) is 11.5 Å². The zero-order valence-electron chi connectivity index (χ0n) is 18.8. The number of hydrogen-bond acceptors (Lipinski definition) is 6. The molecule has 4 rings (SSSR count). The number of rotatable bonds is 7. The molecule has 0 aliphatic carbocycles. The van der Waals surface area contributed by atoms with Gasteiger partial charge in [0.15, 0.2) is 17.3 Å². The van der Waals surface area contributed by atoms with Crippen molar-refractivity contribution in [2.45, 2.75) is 12.7 Å². The van der Waals surface area contributed by atoms with Crippen molar-refractivity contribution >= 4 is 22.6 Å². The molecule has 1 heterocycles. The Balaban J connectivity index is 1.78. The number of nitrogens with one attached hydrogen (secondary N) is 1. The van der Waals surface area contributed by atoms with E-state index in [4.69, 9.17) is 15.2 Å². The molecule has 180 valence electrons. The number of methoxy groups -OCH3 is 2. The average Bonchev–Trinajstić information content (AvgIpc) is 2.85. The summed E-state index contributed by atoms with van der Waals surface area (Å²) in [6, 6.07) is 14.9. The molecule has 0 aliphatic heterocycles. The van der Waals surface area contributed by atoms with Crippen molar-refractivity contribution in [2.24, 2.45) is 5.73 Å². The summed E-state index contributed by atoms with van der Waals surface area (Å²) in [7, 11) is 3.00. The van der Waals surface area contributed by atoms with Crippen molar-refractivity contribution in [1.29, 1.82) is 0 Å². The monoisotopic (exact) mass is 482 g/mol. The number of benzene rings is 3. The van der Waals surface area contributed by atoms with E-state index in [-0.39, 0.29) is 6.54 Å². The van der Waals surface area contributed by atoms with Crippen LogP contribution in [0.25, 0.3) is 22.3 Å². The highest BCUT2D eigenvalue weighted by Gasteiger charge is 2.30. The third-order valence-electron chi connectivity index (χ3n) is 5.34. The molecule has 1 amide bonds. The van der Waals surface area contributed by atoms with Crippen LogP contribution in [0.15, 0.2) is 60.7 Å². The van der Waals surface area contributed by atoms with Crippen LogP contribution in [0.4, 0.5) is 19.0 Å². The van der Waals surface area contributed by atoms with Gasteiger partial charge >= 0.3 is 6.18 Å². The van der Waals surface area contributed by atoms with Crippen LogP contribution in [0.3, 0.4) is 0 Å². The van der Waals surface area contributed by atoms with Gasteiger partial charge in [-0.1, -0.05) is 24.3 Å². The van der Waals surface area contributed by atoms with Crippen LogP contribution in [0.2, 0.25) is 0 Å². The lowest BCUT2D eigenvalue weighted by atomic mass is 10.1. The summed E-state index contributed by atoms with van der Waals surface area (Å²) < 4.78 is 50.1. The molecule has 0 aliphatic rings. The van der Waals surface area contributed by atoms with E-state index < -0.39 is 17.6 Å². The molecule has 4 aromatic rings. The second kappa shape index (κ2) is 9.49. The average molecular weight is 482 g/mol. The van der Waals surface area contributed by atoms with E-state index in [1.807, 2.05) is 0 Å². The quantitative estimate of drug-likeness (QED) is 0.383. The van der Waals surface area contributed by atoms with Gasteiger partial charge in [-0.2, -0.15) is 13.2 Å². The Bertz CT molecular complexity index is 1390. The van der Waals surface area contributed by atoms with Gasteiger partial charge in [0.05, 0.1) is 25.3 Å². The highest BCUT2D eigenvalue weighted by molar-refractivity contribution is 5.94. The van der Waals surface area contributed by atoms with Gasteiger partial charge in [-0.25, -0.2) is 9.97 Å². The third-order valence-corrected chi connectivity index (χ3v) is 5.34. The lowest BCUT2D eigenvalue weighted by molar-refractivity contribution is -0.137. The summed E-state index contributed by atoms with van der Waals surface area (Å²) in [5, 5.41) is 3.71. The Morgan fingerprint density at radius 1 is 0.971 bits per heavy atom. The standard InChI is InChI=1S/C25H21F3N4O3/c1-34-20-11-18-19(12-21(20)35-2)31-23(16-8-6-15(7-9-16)22(29)33)32-24(18)30-13-14-4-3-5-17(10-14)25(26,27)28/h3-12H,13H2,1-2H3,(H2,29,33)(H,30,31,32). The number of aromatic nitrogens is 2. The van der Waals surface area contributed by atoms with Crippen molar-refractivity contribution in [3.8, 4) is 22.9 Å². The second-order valence-electron chi connectivity index (χ2n) is 7.61. The first-order chi connectivity index (χ1) is 16.7. The van der Waals surface area contributed by atoms with Crippen molar-refractivity contribution < 1.29 is 27.4 Å². The molecule has 0 bridgehead atoms. The molecule has 3 N–H and O–H groups in total. The SMILES string of the molecule is COc1cc2nc(-c3ccc(C(N)=O)cc3)nc(NCc3cccc(C(F)(F)F)c3)c2cc1OC. The van der Waals surface area contributed by atoms with E-state index in [9.17, 15) is 18.0 Å². The molecule has 3 aromatic carbocycles. The molecule has 10 heteroatoms. The summed E-state index contributed by atoms with van der Waals surface area (Å²) in [6.45, 7) is 0.0877. The molecule has 0 saturated carbocycles. The first kappa shape index (κ1) is 23.8. The molecular formula is C25H21F3N4O3. The minimum absolute atomic E-state index is 0.0877. The molecule has 0 unspecified atom stereocenters. The number of ether oxygens (including phenoxy) is 2. The first-order valence-corrected chi connectivity index (χ1v) is 10.4. The van der Waals surface area contributed by atoms with Gasteiger partial charge in [0.1, 0.15) is 5.82 Å². The van der Waals surface area contributed by atoms with Gasteiger partial charge in [0.2, 0.25) is 5.91 Å². The van der Waals surface area contributed by atoms with Crippen molar-refractivity contribution in [1.82, 2.24) is 9.97 Å². The predicted octanol–water partition coefficient (Wildman–Crippen LogP) is 5.04. The van der Waals surface area contributed by atoms with Gasteiger partial charge in [-0.3, -0.25) is 4.79 Å². The number of hydrogen-bond donors (Lipinski definition) is 2. The Morgan fingerprint density at radius 3 is 2.29 bits per heavy atom. The fourth-order valence-electron chi connectivity index (χ4n) is 3.55. The Morgan fingerprint density at radius 2 is 1.66 bits per heavy atom. The molecule has 0 radical (unpaired) electrons. The number of nitrogens with zero attached hydrogens (tertiary/aromatic N) is 2. The second-order valence-corrected chi connectivity index (χ2v) is 7.61. The van der Waals surface area contributed by atoms with Crippen LogP contribution in [0.1, 0.15) is 21.5 Å². The van der Waals surface area contributed by atoms with Crippen LogP contribution >= 0.6 is 0 Å². The number of amides is 1. The van der Waals surface area contributed by atoms with E-state index in [1.54, 1.807) is 42.5 Å². The number of carbonyl (C=O) groups is 1. The minimum atomic E-state index is -4.44. The fourth-order valence-corrected chi connectivity index (χ4v) is 3.55. The lowest BCUT2D eigenvalue weighted by Crippen LogP contribution is -2.10. The van der Waals surface area contributed by atoms with Gasteiger partial charge in [-0.05, 0) is 35.9 Å². The van der Waals surface area contributed by atoms with E-state index in [0.717, 1.165) is 12.1 Å². The zero-order chi connectivity index (χ0) is 25.2. The highest BCUT2D eigenvalue weighted by Crippen LogP contribution is 2.36. The number of carbonyl (C=O) groups excluding carboxylic acids is 1. The summed E-state index contributed by atoms with van der Waals surface area (Å²) in [5.41, 5.74) is 6.50. The lowest BCUT2D eigenvalue weighted by Gasteiger charge is -2.15. The number of nitrogens with two attached hydrogens (primary N) is 1. The van der Waals surface area contributed by atoms with Crippen molar-refractivity contribution in [3.05, 3.63) is 77.4 Å². The minimum Gasteiger partial charge on any atom is -0.493 e. The molecule has 0 spiro atoms. The van der Waals surface area contributed by atoms with E-state index >= 15 is 0 Å². The molecule has 35 heavy (non-hydrogen) atoms. The van der Waals surface area contributed by atoms with Gasteiger partial charge in [-0.15, -0.1) is 0 Å². The van der Waals surface area contributed by atoms with E-state index in [0.29, 0.717) is 50.7 Å². The Kier molecular flexibility index (Phi) is 6.46. The van der Waals surface area contributed by atoms with Crippen LogP contribution < -0.4 is 20.5 Å². The maximum Gasteiger partial charge on any atom is 0.416 e. The topological polar surface area (TPSA) is 99.4 Å². The molecule has 0 saturated heterocycles. The normalized spacial score (nSPS) is 11.3. The molecule has 1 aromatic heterocycles. The predicted molar refractivity (Wildman–Crippen MR) is 125 cm³/mol. The first-order valence-electron chi connectivity index (χ1n) is 10.4. The maximum absolute atomic E-state index is 13.1. The van der Waals surface area contributed by atoms with Crippen LogP contribution in [-0.4, -0.2) is 30.1 Å². The molecule has 0 atom stereocenters. The van der Waals surface area contributed by atoms with Crippen LogP contribution in [0, 0.1) is 0 Å².